The Kier molecular flexibility index (Phi) is 3.38. The molecule has 1 heterocycles. The van der Waals surface area contributed by atoms with Gasteiger partial charge in [-0.25, -0.2) is 5.10 Å². The highest BCUT2D eigenvalue weighted by molar-refractivity contribution is 6.06. The molecule has 0 aliphatic rings. The number of H-pyrrole nitrogens is 1. The van der Waals surface area contributed by atoms with E-state index >= 15 is 0 Å². The zero-order valence-corrected chi connectivity index (χ0v) is 11.9. The Hall–Kier alpha value is -2.17. The molecule has 0 saturated heterocycles. The third-order valence-corrected chi connectivity index (χ3v) is 3.87. The van der Waals surface area contributed by atoms with Crippen LogP contribution in [0.5, 0.6) is 0 Å². The number of aromatic nitrogens is 3. The Bertz CT molecular complexity index is 600. The van der Waals surface area contributed by atoms with Crippen molar-refractivity contribution in [2.24, 2.45) is 0 Å². The van der Waals surface area contributed by atoms with Gasteiger partial charge >= 0.3 is 0 Å². The highest BCUT2D eigenvalue weighted by atomic mass is 16.1. The molecule has 19 heavy (non-hydrogen) atoms. The van der Waals surface area contributed by atoms with Crippen LogP contribution in [0.25, 0.3) is 0 Å². The molecule has 2 aromatic rings. The molecule has 0 unspecified atom stereocenters. The number of aromatic amines is 1. The molecular weight excluding hydrogens is 240 g/mol. The van der Waals surface area contributed by atoms with Gasteiger partial charge in [0.25, 0.3) is 5.91 Å². The molecule has 0 bridgehead atoms. The topological polar surface area (TPSA) is 70.7 Å². The largest absolute Gasteiger partial charge is 0.291 e. The minimum absolute atomic E-state index is 0.155. The molecule has 0 spiro atoms. The van der Waals surface area contributed by atoms with Gasteiger partial charge in [-0.05, 0) is 62.4 Å². The molecule has 1 aromatic carbocycles. The fraction of sp³-hybridized carbons (Fsp3) is 0.357. The Morgan fingerprint density at radius 2 is 1.53 bits per heavy atom. The molecule has 0 aliphatic carbocycles. The molecule has 0 radical (unpaired) electrons. The minimum Gasteiger partial charge on any atom is -0.291 e. The SMILES string of the molecule is Cc1c(C)c(C)c(C(=O)Nc2ncn[nH]2)c(C)c1C. The van der Waals surface area contributed by atoms with Crippen molar-refractivity contribution in [3.8, 4) is 0 Å². The molecule has 0 saturated carbocycles. The Balaban J connectivity index is 2.48. The molecular formula is C14H18N4O. The zero-order chi connectivity index (χ0) is 14.2. The highest BCUT2D eigenvalue weighted by Crippen LogP contribution is 2.26. The molecule has 1 aromatic heterocycles. The van der Waals surface area contributed by atoms with Gasteiger partial charge in [0.05, 0.1) is 0 Å². The molecule has 0 fully saturated rings. The summed E-state index contributed by atoms with van der Waals surface area (Å²) < 4.78 is 0. The van der Waals surface area contributed by atoms with Crippen molar-refractivity contribution in [3.05, 3.63) is 39.7 Å². The summed E-state index contributed by atoms with van der Waals surface area (Å²) in [5, 5.41) is 9.06. The van der Waals surface area contributed by atoms with Gasteiger partial charge < -0.3 is 0 Å². The van der Waals surface area contributed by atoms with Gasteiger partial charge in [-0.2, -0.15) is 10.1 Å². The highest BCUT2D eigenvalue weighted by Gasteiger charge is 2.18. The molecule has 2 rings (SSSR count). The predicted molar refractivity (Wildman–Crippen MR) is 74.5 cm³/mol. The van der Waals surface area contributed by atoms with Crippen LogP contribution in [-0.2, 0) is 0 Å². The van der Waals surface area contributed by atoms with Crippen LogP contribution < -0.4 is 5.32 Å². The van der Waals surface area contributed by atoms with Gasteiger partial charge in [0.15, 0.2) is 0 Å². The standard InChI is InChI=1S/C14H18N4O/c1-7-8(2)10(4)12(11(5)9(7)3)13(19)17-14-15-6-16-18-14/h6H,1-5H3,(H2,15,16,17,18,19). The summed E-state index contributed by atoms with van der Waals surface area (Å²) in [6.07, 6.45) is 1.36. The fourth-order valence-electron chi connectivity index (χ4n) is 2.28. The lowest BCUT2D eigenvalue weighted by atomic mass is 9.89. The van der Waals surface area contributed by atoms with Crippen LogP contribution in [0.3, 0.4) is 0 Å². The number of hydrogen-bond donors (Lipinski definition) is 2. The van der Waals surface area contributed by atoms with E-state index in [0.717, 1.165) is 27.8 Å². The maximum absolute atomic E-state index is 12.4. The number of nitrogens with zero attached hydrogens (tertiary/aromatic N) is 2. The number of carbonyl (C=O) groups excluding carboxylic acids is 1. The predicted octanol–water partition coefficient (Wildman–Crippen LogP) is 2.60. The van der Waals surface area contributed by atoms with E-state index in [1.165, 1.54) is 11.9 Å². The normalized spacial score (nSPS) is 10.6. The summed E-state index contributed by atoms with van der Waals surface area (Å²) in [6, 6.07) is 0. The van der Waals surface area contributed by atoms with Gasteiger partial charge in [0.1, 0.15) is 6.33 Å². The fourth-order valence-corrected chi connectivity index (χ4v) is 2.28. The Morgan fingerprint density at radius 1 is 1.00 bits per heavy atom. The van der Waals surface area contributed by atoms with E-state index in [4.69, 9.17) is 0 Å². The molecule has 0 atom stereocenters. The first kappa shape index (κ1) is 13.3. The average Bonchev–Trinajstić information content (AvgIpc) is 2.87. The van der Waals surface area contributed by atoms with E-state index in [9.17, 15) is 4.79 Å². The van der Waals surface area contributed by atoms with Crippen molar-refractivity contribution in [2.75, 3.05) is 5.32 Å². The van der Waals surface area contributed by atoms with Crippen molar-refractivity contribution < 1.29 is 4.79 Å². The van der Waals surface area contributed by atoms with Gasteiger partial charge in [0, 0.05) is 5.56 Å². The van der Waals surface area contributed by atoms with E-state index in [1.54, 1.807) is 0 Å². The number of anilines is 1. The lowest BCUT2D eigenvalue weighted by Gasteiger charge is -2.17. The first-order chi connectivity index (χ1) is 8.93. The first-order valence-electron chi connectivity index (χ1n) is 6.17. The lowest BCUT2D eigenvalue weighted by molar-refractivity contribution is 0.102. The van der Waals surface area contributed by atoms with E-state index < -0.39 is 0 Å². The number of nitrogens with one attached hydrogen (secondary N) is 2. The summed E-state index contributed by atoms with van der Waals surface area (Å²) in [5.41, 5.74) is 6.30. The number of hydrogen-bond acceptors (Lipinski definition) is 3. The molecule has 0 aliphatic heterocycles. The van der Waals surface area contributed by atoms with Crippen LogP contribution >= 0.6 is 0 Å². The van der Waals surface area contributed by atoms with Crippen molar-refractivity contribution in [3.63, 3.8) is 0 Å². The number of benzene rings is 1. The van der Waals surface area contributed by atoms with Crippen LogP contribution in [0, 0.1) is 34.6 Å². The van der Waals surface area contributed by atoms with Crippen molar-refractivity contribution >= 4 is 11.9 Å². The van der Waals surface area contributed by atoms with E-state index in [0.29, 0.717) is 5.95 Å². The average molecular weight is 258 g/mol. The van der Waals surface area contributed by atoms with Gasteiger partial charge in [-0.3, -0.25) is 10.1 Å². The summed E-state index contributed by atoms with van der Waals surface area (Å²) >= 11 is 0. The third-order valence-electron chi connectivity index (χ3n) is 3.87. The van der Waals surface area contributed by atoms with Gasteiger partial charge in [-0.1, -0.05) is 0 Å². The Morgan fingerprint density at radius 3 is 2.00 bits per heavy atom. The van der Waals surface area contributed by atoms with Crippen LogP contribution in [0.4, 0.5) is 5.95 Å². The maximum Gasteiger partial charge on any atom is 0.258 e. The molecule has 1 amide bonds. The summed E-state index contributed by atoms with van der Waals surface area (Å²) in [7, 11) is 0. The van der Waals surface area contributed by atoms with E-state index in [1.807, 2.05) is 27.7 Å². The quantitative estimate of drug-likeness (QED) is 0.869. The number of rotatable bonds is 2. The van der Waals surface area contributed by atoms with Crippen molar-refractivity contribution in [2.45, 2.75) is 34.6 Å². The molecule has 5 nitrogen and oxygen atoms in total. The monoisotopic (exact) mass is 258 g/mol. The third kappa shape index (κ3) is 2.23. The lowest BCUT2D eigenvalue weighted by Crippen LogP contribution is -2.18. The molecule has 5 heteroatoms. The maximum atomic E-state index is 12.4. The summed E-state index contributed by atoms with van der Waals surface area (Å²) in [5.74, 6) is 0.206. The zero-order valence-electron chi connectivity index (χ0n) is 11.9. The van der Waals surface area contributed by atoms with Crippen LogP contribution in [0.1, 0.15) is 38.2 Å². The van der Waals surface area contributed by atoms with Crippen molar-refractivity contribution in [1.29, 1.82) is 0 Å². The minimum atomic E-state index is -0.155. The van der Waals surface area contributed by atoms with E-state index in [2.05, 4.69) is 27.4 Å². The van der Waals surface area contributed by atoms with Gasteiger partial charge in [0.2, 0.25) is 5.95 Å². The summed E-state index contributed by atoms with van der Waals surface area (Å²) in [6.45, 7) is 10.1. The smallest absolute Gasteiger partial charge is 0.258 e. The second-order valence-corrected chi connectivity index (χ2v) is 4.79. The number of amides is 1. The second kappa shape index (κ2) is 4.84. The van der Waals surface area contributed by atoms with Gasteiger partial charge in [-0.15, -0.1) is 0 Å². The van der Waals surface area contributed by atoms with Crippen molar-refractivity contribution in [1.82, 2.24) is 15.2 Å². The summed E-state index contributed by atoms with van der Waals surface area (Å²) in [4.78, 5) is 16.3. The van der Waals surface area contributed by atoms with Crippen LogP contribution in [0.15, 0.2) is 6.33 Å². The molecule has 2 N–H and O–H groups in total. The second-order valence-electron chi connectivity index (χ2n) is 4.79. The molecule has 100 valence electrons. The van der Waals surface area contributed by atoms with E-state index in [-0.39, 0.29) is 5.91 Å². The Labute approximate surface area is 112 Å². The van der Waals surface area contributed by atoms with Crippen LogP contribution in [0.2, 0.25) is 0 Å². The number of carbonyl (C=O) groups is 1. The van der Waals surface area contributed by atoms with Crippen LogP contribution in [-0.4, -0.2) is 21.1 Å². The first-order valence-corrected chi connectivity index (χ1v) is 6.17.